The Labute approximate surface area is 191 Å². The zero-order valence-corrected chi connectivity index (χ0v) is 19.6. The number of methoxy groups -OCH3 is 2. The van der Waals surface area contributed by atoms with Gasteiger partial charge in [0.25, 0.3) is 0 Å². The van der Waals surface area contributed by atoms with Gasteiger partial charge in [-0.15, -0.1) is 0 Å². The van der Waals surface area contributed by atoms with Gasteiger partial charge in [-0.3, -0.25) is 4.98 Å². The molecule has 1 fully saturated rings. The summed E-state index contributed by atoms with van der Waals surface area (Å²) in [5, 5.41) is 1.56. The number of rotatable bonds is 4. The lowest BCUT2D eigenvalue weighted by Gasteiger charge is -2.36. The van der Waals surface area contributed by atoms with E-state index in [1.807, 2.05) is 13.0 Å². The van der Waals surface area contributed by atoms with E-state index >= 15 is 0 Å². The third-order valence-corrected chi connectivity index (χ3v) is 5.97. The third kappa shape index (κ3) is 4.10. The monoisotopic (exact) mass is 462 g/mol. The normalized spacial score (nSPS) is 19.0. The van der Waals surface area contributed by atoms with Crippen LogP contribution in [0.1, 0.15) is 19.5 Å². The molecule has 1 aliphatic rings. The predicted octanol–water partition coefficient (Wildman–Crippen LogP) is 4.94. The highest BCUT2D eigenvalue weighted by Crippen LogP contribution is 2.45. The number of benzene rings is 1. The Balaban J connectivity index is 1.98. The zero-order valence-electron chi connectivity index (χ0n) is 18.1. The van der Waals surface area contributed by atoms with Gasteiger partial charge in [0.05, 0.1) is 53.7 Å². The number of ether oxygens (including phenoxy) is 3. The topological polar surface area (TPSA) is 69.6 Å². The van der Waals surface area contributed by atoms with Gasteiger partial charge in [-0.1, -0.05) is 23.2 Å². The van der Waals surface area contributed by atoms with Gasteiger partial charge in [0.2, 0.25) is 0 Å². The minimum absolute atomic E-state index is 0.0734. The maximum atomic E-state index is 6.64. The van der Waals surface area contributed by atoms with E-state index < -0.39 is 0 Å². The molecular formula is C22H24Cl2N4O3. The number of hydrogen-bond acceptors (Lipinski definition) is 7. The fraction of sp³-hybridized carbons (Fsp3) is 0.409. The molecule has 0 spiro atoms. The molecule has 2 unspecified atom stereocenters. The Bertz CT molecular complexity index is 1100. The Morgan fingerprint density at radius 1 is 1.00 bits per heavy atom. The molecule has 0 radical (unpaired) electrons. The van der Waals surface area contributed by atoms with Crippen molar-refractivity contribution in [1.29, 1.82) is 0 Å². The van der Waals surface area contributed by atoms with Gasteiger partial charge >= 0.3 is 0 Å². The van der Waals surface area contributed by atoms with Crippen molar-refractivity contribution in [2.24, 2.45) is 0 Å². The Kier molecular flexibility index (Phi) is 6.10. The highest BCUT2D eigenvalue weighted by atomic mass is 35.5. The molecule has 1 saturated heterocycles. The SMILES string of the molecule is COc1cc(OC)c(Cl)c(-c2nc(N3CC(C)OC(C)C3)c3cc(C)ncc3n2)c1Cl. The van der Waals surface area contributed by atoms with Crippen molar-refractivity contribution < 1.29 is 14.2 Å². The van der Waals surface area contributed by atoms with Gasteiger partial charge in [-0.05, 0) is 26.8 Å². The van der Waals surface area contributed by atoms with E-state index in [4.69, 9.17) is 47.4 Å². The average molecular weight is 463 g/mol. The molecular weight excluding hydrogens is 439 g/mol. The van der Waals surface area contributed by atoms with Crippen LogP contribution >= 0.6 is 23.2 Å². The fourth-order valence-electron chi connectivity index (χ4n) is 3.91. The van der Waals surface area contributed by atoms with Crippen molar-refractivity contribution >= 4 is 39.9 Å². The summed E-state index contributed by atoms with van der Waals surface area (Å²) in [4.78, 5) is 16.3. The van der Waals surface area contributed by atoms with E-state index in [0.717, 1.165) is 16.9 Å². The zero-order chi connectivity index (χ0) is 22.3. The van der Waals surface area contributed by atoms with E-state index in [1.54, 1.807) is 12.3 Å². The summed E-state index contributed by atoms with van der Waals surface area (Å²) in [6.45, 7) is 7.48. The molecule has 31 heavy (non-hydrogen) atoms. The number of anilines is 1. The highest BCUT2D eigenvalue weighted by Gasteiger charge is 2.27. The van der Waals surface area contributed by atoms with E-state index in [-0.39, 0.29) is 12.2 Å². The summed E-state index contributed by atoms with van der Waals surface area (Å²) >= 11 is 13.3. The molecule has 2 atom stereocenters. The molecule has 1 aliphatic heterocycles. The smallest absolute Gasteiger partial charge is 0.165 e. The van der Waals surface area contributed by atoms with Crippen molar-refractivity contribution in [3.8, 4) is 22.9 Å². The first-order valence-electron chi connectivity index (χ1n) is 9.97. The molecule has 7 nitrogen and oxygen atoms in total. The lowest BCUT2D eigenvalue weighted by Crippen LogP contribution is -2.46. The number of pyridine rings is 1. The second-order valence-corrected chi connectivity index (χ2v) is 8.42. The van der Waals surface area contributed by atoms with E-state index in [1.165, 1.54) is 14.2 Å². The van der Waals surface area contributed by atoms with Crippen LogP contribution in [0.15, 0.2) is 18.3 Å². The molecule has 2 aromatic heterocycles. The molecule has 0 amide bonds. The van der Waals surface area contributed by atoms with Crippen LogP contribution in [0.3, 0.4) is 0 Å². The molecule has 3 heterocycles. The summed E-state index contributed by atoms with van der Waals surface area (Å²) in [5.74, 6) is 2.03. The molecule has 0 N–H and O–H groups in total. The van der Waals surface area contributed by atoms with Crippen molar-refractivity contribution in [1.82, 2.24) is 15.0 Å². The number of aryl methyl sites for hydroxylation is 1. The van der Waals surface area contributed by atoms with Crippen LogP contribution in [0, 0.1) is 6.92 Å². The molecule has 0 bridgehead atoms. The van der Waals surface area contributed by atoms with Crippen LogP contribution in [0.2, 0.25) is 10.0 Å². The first kappa shape index (κ1) is 21.9. The van der Waals surface area contributed by atoms with Gasteiger partial charge in [-0.2, -0.15) is 0 Å². The van der Waals surface area contributed by atoms with Gasteiger partial charge in [0.1, 0.15) is 17.3 Å². The Morgan fingerprint density at radius 3 is 2.19 bits per heavy atom. The van der Waals surface area contributed by atoms with Crippen molar-refractivity contribution in [2.75, 3.05) is 32.2 Å². The minimum atomic E-state index is 0.0734. The minimum Gasteiger partial charge on any atom is -0.495 e. The standard InChI is InChI=1S/C22H24Cl2N4O3/c1-11-6-14-15(8-25-11)26-21(27-22(14)28-9-12(2)31-13(3)10-28)18-19(23)16(29-4)7-17(30-5)20(18)24/h6-8,12-13H,9-10H2,1-5H3. The van der Waals surface area contributed by atoms with Crippen LogP contribution in [0.25, 0.3) is 22.3 Å². The summed E-state index contributed by atoms with van der Waals surface area (Å²) in [5.41, 5.74) is 2.04. The second-order valence-electron chi connectivity index (χ2n) is 7.66. The van der Waals surface area contributed by atoms with Gasteiger partial charge in [0, 0.05) is 30.2 Å². The summed E-state index contributed by atoms with van der Waals surface area (Å²) < 4.78 is 16.7. The molecule has 164 valence electrons. The first-order valence-corrected chi connectivity index (χ1v) is 10.7. The largest absolute Gasteiger partial charge is 0.495 e. The molecule has 1 aromatic carbocycles. The lowest BCUT2D eigenvalue weighted by molar-refractivity contribution is -0.00536. The van der Waals surface area contributed by atoms with Crippen LogP contribution in [0.5, 0.6) is 11.5 Å². The van der Waals surface area contributed by atoms with Crippen molar-refractivity contribution in [3.63, 3.8) is 0 Å². The summed E-state index contributed by atoms with van der Waals surface area (Å²) in [6, 6.07) is 3.64. The molecule has 9 heteroatoms. The first-order chi connectivity index (χ1) is 14.8. The average Bonchev–Trinajstić information content (AvgIpc) is 2.73. The number of fused-ring (bicyclic) bond motifs is 1. The van der Waals surface area contributed by atoms with Gasteiger partial charge in [0.15, 0.2) is 5.82 Å². The summed E-state index contributed by atoms with van der Waals surface area (Å²) in [6.07, 6.45) is 1.89. The maximum absolute atomic E-state index is 6.64. The number of morpholine rings is 1. The Morgan fingerprint density at radius 2 is 1.61 bits per heavy atom. The molecule has 3 aromatic rings. The third-order valence-electron chi connectivity index (χ3n) is 5.22. The quantitative estimate of drug-likeness (QED) is 0.543. The summed E-state index contributed by atoms with van der Waals surface area (Å²) in [7, 11) is 3.07. The number of aromatic nitrogens is 3. The van der Waals surface area contributed by atoms with Crippen molar-refractivity contribution in [2.45, 2.75) is 33.0 Å². The van der Waals surface area contributed by atoms with Crippen LogP contribution in [-0.2, 0) is 4.74 Å². The molecule has 0 saturated carbocycles. The van der Waals surface area contributed by atoms with Gasteiger partial charge in [-0.25, -0.2) is 9.97 Å². The fourth-order valence-corrected chi connectivity index (χ4v) is 4.58. The van der Waals surface area contributed by atoms with Crippen LogP contribution in [-0.4, -0.2) is 54.5 Å². The molecule has 4 rings (SSSR count). The molecule has 0 aliphatic carbocycles. The second kappa shape index (κ2) is 8.65. The number of nitrogens with zero attached hydrogens (tertiary/aromatic N) is 4. The van der Waals surface area contributed by atoms with Crippen molar-refractivity contribution in [3.05, 3.63) is 34.1 Å². The predicted molar refractivity (Wildman–Crippen MR) is 123 cm³/mol. The van der Waals surface area contributed by atoms with Crippen LogP contribution < -0.4 is 14.4 Å². The number of hydrogen-bond donors (Lipinski definition) is 0. The van der Waals surface area contributed by atoms with Crippen LogP contribution in [0.4, 0.5) is 5.82 Å². The maximum Gasteiger partial charge on any atom is 0.165 e. The number of halogens is 2. The lowest BCUT2D eigenvalue weighted by atomic mass is 10.1. The van der Waals surface area contributed by atoms with E-state index in [2.05, 4.69) is 23.7 Å². The van der Waals surface area contributed by atoms with Gasteiger partial charge < -0.3 is 19.1 Å². The Hall–Kier alpha value is -2.35. The highest BCUT2D eigenvalue weighted by molar-refractivity contribution is 6.41. The van der Waals surface area contributed by atoms with E-state index in [0.29, 0.717) is 51.5 Å². The van der Waals surface area contributed by atoms with E-state index in [9.17, 15) is 0 Å².